The highest BCUT2D eigenvalue weighted by atomic mass is 127. The predicted molar refractivity (Wildman–Crippen MR) is 51.1 cm³/mol. The van der Waals surface area contributed by atoms with E-state index in [2.05, 4.69) is 0 Å². The first kappa shape index (κ1) is 9.44. The van der Waals surface area contributed by atoms with Crippen molar-refractivity contribution in [3.63, 3.8) is 0 Å². The number of methoxy groups -OCH3 is 1. The van der Waals surface area contributed by atoms with Gasteiger partial charge in [0.15, 0.2) is 17.9 Å². The molecule has 0 aromatic heterocycles. The van der Waals surface area contributed by atoms with Crippen LogP contribution in [0.1, 0.15) is 10.4 Å². The van der Waals surface area contributed by atoms with E-state index in [1.165, 1.54) is 19.2 Å². The van der Waals surface area contributed by atoms with Gasteiger partial charge in [-0.05, 0) is 34.7 Å². The van der Waals surface area contributed by atoms with Gasteiger partial charge in [-0.2, -0.15) is 0 Å². The summed E-state index contributed by atoms with van der Waals surface area (Å²) >= 11 is 1.84. The lowest BCUT2D eigenvalue weighted by Gasteiger charge is -2.05. The van der Waals surface area contributed by atoms with Crippen LogP contribution < -0.4 is 4.74 Å². The van der Waals surface area contributed by atoms with E-state index in [0.717, 1.165) is 0 Å². The molecule has 0 unspecified atom stereocenters. The van der Waals surface area contributed by atoms with E-state index in [0.29, 0.717) is 9.86 Å². The number of rotatable bonds is 2. The summed E-state index contributed by atoms with van der Waals surface area (Å²) in [5.41, 5.74) is 0.232. The van der Waals surface area contributed by atoms with Gasteiger partial charge in [-0.15, -0.1) is 0 Å². The highest BCUT2D eigenvalue weighted by Gasteiger charge is 2.11. The first-order chi connectivity index (χ1) is 5.70. The van der Waals surface area contributed by atoms with Crippen LogP contribution in [0.25, 0.3) is 0 Å². The summed E-state index contributed by atoms with van der Waals surface area (Å²) in [7, 11) is 1.33. The molecule has 0 amide bonds. The van der Waals surface area contributed by atoms with Crippen LogP contribution >= 0.6 is 22.6 Å². The van der Waals surface area contributed by atoms with Crippen molar-refractivity contribution >= 4 is 28.9 Å². The fourth-order valence-electron chi connectivity index (χ4n) is 0.847. The van der Waals surface area contributed by atoms with Crippen LogP contribution in [-0.4, -0.2) is 13.4 Å². The number of hydrogen-bond acceptors (Lipinski definition) is 2. The van der Waals surface area contributed by atoms with Crippen LogP contribution in [0.15, 0.2) is 12.1 Å². The fourth-order valence-corrected chi connectivity index (χ4v) is 1.27. The molecule has 0 atom stereocenters. The van der Waals surface area contributed by atoms with Gasteiger partial charge in [0.1, 0.15) is 0 Å². The van der Waals surface area contributed by atoms with Gasteiger partial charge in [0.2, 0.25) is 0 Å². The van der Waals surface area contributed by atoms with Crippen molar-refractivity contribution in [2.45, 2.75) is 0 Å². The molecule has 0 aliphatic rings. The number of ether oxygens (including phenoxy) is 1. The molecule has 4 heteroatoms. The van der Waals surface area contributed by atoms with Crippen molar-refractivity contribution in [2.75, 3.05) is 7.11 Å². The minimum Gasteiger partial charge on any atom is -0.493 e. The molecule has 0 heterocycles. The molecule has 0 saturated heterocycles. The Bertz CT molecular complexity index is 312. The Hall–Kier alpha value is -0.650. The molecule has 0 fully saturated rings. The molecule has 1 aromatic rings. The van der Waals surface area contributed by atoms with Gasteiger partial charge in [0.05, 0.1) is 16.2 Å². The zero-order valence-electron chi connectivity index (χ0n) is 6.30. The van der Waals surface area contributed by atoms with Gasteiger partial charge in [-0.1, -0.05) is 0 Å². The van der Waals surface area contributed by atoms with Gasteiger partial charge in [0.25, 0.3) is 0 Å². The third-order valence-electron chi connectivity index (χ3n) is 1.41. The third-order valence-corrected chi connectivity index (χ3v) is 2.24. The molecule has 64 valence electrons. The van der Waals surface area contributed by atoms with Crippen LogP contribution in [0.2, 0.25) is 0 Å². The van der Waals surface area contributed by atoms with Gasteiger partial charge < -0.3 is 4.74 Å². The summed E-state index contributed by atoms with van der Waals surface area (Å²) < 4.78 is 18.3. The lowest BCUT2D eigenvalue weighted by molar-refractivity contribution is 0.111. The second-order valence-electron chi connectivity index (χ2n) is 2.10. The van der Waals surface area contributed by atoms with Crippen LogP contribution in [0, 0.1) is 9.39 Å². The average molecular weight is 280 g/mol. The highest BCUT2D eigenvalue weighted by molar-refractivity contribution is 14.1. The summed E-state index contributed by atoms with van der Waals surface area (Å²) in [6.07, 6.45) is 0.567. The topological polar surface area (TPSA) is 26.3 Å². The van der Waals surface area contributed by atoms with E-state index in [-0.39, 0.29) is 11.3 Å². The summed E-state index contributed by atoms with van der Waals surface area (Å²) in [5.74, 6) is -0.473. The molecule has 0 N–H and O–H groups in total. The smallest absolute Gasteiger partial charge is 0.179 e. The first-order valence-electron chi connectivity index (χ1n) is 3.18. The molecule has 0 aliphatic heterocycles. The second kappa shape index (κ2) is 3.84. The van der Waals surface area contributed by atoms with Crippen molar-refractivity contribution in [3.05, 3.63) is 27.1 Å². The maximum Gasteiger partial charge on any atom is 0.179 e. The summed E-state index contributed by atoms with van der Waals surface area (Å²) in [6, 6.07) is 3.05. The van der Waals surface area contributed by atoms with Crippen molar-refractivity contribution in [2.24, 2.45) is 0 Å². The van der Waals surface area contributed by atoms with Crippen LogP contribution in [0.3, 0.4) is 0 Å². The Kier molecular flexibility index (Phi) is 3.02. The molecule has 0 saturated carbocycles. The maximum absolute atomic E-state index is 13.2. The maximum atomic E-state index is 13.2. The number of carbonyl (C=O) groups is 1. The Morgan fingerprint density at radius 3 is 2.75 bits per heavy atom. The number of benzene rings is 1. The van der Waals surface area contributed by atoms with E-state index in [9.17, 15) is 9.18 Å². The molecule has 0 spiro atoms. The van der Waals surface area contributed by atoms with Crippen molar-refractivity contribution < 1.29 is 13.9 Å². The third kappa shape index (κ3) is 1.57. The Balaban J connectivity index is 3.35. The van der Waals surface area contributed by atoms with E-state index in [1.54, 1.807) is 0 Å². The van der Waals surface area contributed by atoms with E-state index in [4.69, 9.17) is 4.74 Å². The monoisotopic (exact) mass is 280 g/mol. The van der Waals surface area contributed by atoms with Gasteiger partial charge in [-0.3, -0.25) is 4.79 Å². The summed E-state index contributed by atoms with van der Waals surface area (Å²) in [6.45, 7) is 0. The average Bonchev–Trinajstić information content (AvgIpc) is 2.09. The minimum absolute atomic E-state index is 0.0110. The fraction of sp³-hybridized carbons (Fsp3) is 0.125. The number of aldehydes is 1. The molecule has 1 aromatic carbocycles. The molecule has 0 radical (unpaired) electrons. The number of halogens is 2. The van der Waals surface area contributed by atoms with E-state index < -0.39 is 5.82 Å². The molecule has 0 aliphatic carbocycles. The highest BCUT2D eigenvalue weighted by Crippen LogP contribution is 2.25. The molecule has 12 heavy (non-hydrogen) atoms. The van der Waals surface area contributed by atoms with E-state index >= 15 is 0 Å². The normalized spacial score (nSPS) is 9.58. The first-order valence-corrected chi connectivity index (χ1v) is 4.25. The Labute approximate surface area is 82.9 Å². The molecular formula is C8H6FIO2. The Morgan fingerprint density at radius 2 is 2.25 bits per heavy atom. The quantitative estimate of drug-likeness (QED) is 0.613. The summed E-state index contributed by atoms with van der Waals surface area (Å²) in [5, 5.41) is 0. The van der Waals surface area contributed by atoms with Crippen LogP contribution in [0.5, 0.6) is 5.75 Å². The molecule has 2 nitrogen and oxygen atoms in total. The largest absolute Gasteiger partial charge is 0.493 e. The predicted octanol–water partition coefficient (Wildman–Crippen LogP) is 2.25. The van der Waals surface area contributed by atoms with Crippen molar-refractivity contribution in [1.29, 1.82) is 0 Å². The molecule has 0 bridgehead atoms. The summed E-state index contributed by atoms with van der Waals surface area (Å²) in [4.78, 5) is 10.4. The second-order valence-corrected chi connectivity index (χ2v) is 3.26. The SMILES string of the molecule is COc1c(C=O)ccc(I)c1F. The Morgan fingerprint density at radius 1 is 1.58 bits per heavy atom. The standard InChI is InChI=1S/C8H6FIO2/c1-12-8-5(4-11)2-3-6(10)7(8)9/h2-4H,1H3. The molecule has 1 rings (SSSR count). The zero-order valence-corrected chi connectivity index (χ0v) is 8.46. The molecular weight excluding hydrogens is 274 g/mol. The zero-order chi connectivity index (χ0) is 9.14. The van der Waals surface area contributed by atoms with Gasteiger partial charge in [-0.25, -0.2) is 4.39 Å². The minimum atomic E-state index is -0.484. The lowest BCUT2D eigenvalue weighted by Crippen LogP contribution is -1.96. The lowest BCUT2D eigenvalue weighted by atomic mass is 10.2. The van der Waals surface area contributed by atoms with Crippen LogP contribution in [0.4, 0.5) is 4.39 Å². The van der Waals surface area contributed by atoms with Crippen molar-refractivity contribution in [1.82, 2.24) is 0 Å². The van der Waals surface area contributed by atoms with E-state index in [1.807, 2.05) is 22.6 Å². The van der Waals surface area contributed by atoms with Crippen LogP contribution in [-0.2, 0) is 0 Å². The van der Waals surface area contributed by atoms with Crippen molar-refractivity contribution in [3.8, 4) is 5.75 Å². The van der Waals surface area contributed by atoms with Gasteiger partial charge >= 0.3 is 0 Å². The van der Waals surface area contributed by atoms with Gasteiger partial charge in [0, 0.05) is 0 Å². The number of carbonyl (C=O) groups excluding carboxylic acids is 1. The number of hydrogen-bond donors (Lipinski definition) is 0.